The molecule has 1 aromatic rings. The Morgan fingerprint density at radius 3 is 2.25 bits per heavy atom. The van der Waals surface area contributed by atoms with Crippen LogP contribution in [0.5, 0.6) is 17.2 Å². The molecule has 1 aromatic carbocycles. The van der Waals surface area contributed by atoms with Crippen molar-refractivity contribution < 1.29 is 36.9 Å². The average molecular weight is 349 g/mol. The van der Waals surface area contributed by atoms with E-state index in [0.717, 1.165) is 0 Å². The van der Waals surface area contributed by atoms with Crippen LogP contribution < -0.4 is 14.2 Å². The minimum Gasteiger partial charge on any atom is -0.493 e. The number of likely N-dealkylation sites (tertiary alicyclic amines) is 1. The Hall–Kier alpha value is -2.16. The van der Waals surface area contributed by atoms with Crippen molar-refractivity contribution in [1.29, 1.82) is 0 Å². The molecule has 0 bridgehead atoms. The fourth-order valence-electron chi connectivity index (χ4n) is 2.36. The van der Waals surface area contributed by atoms with Crippen molar-refractivity contribution >= 4 is 5.91 Å². The summed E-state index contributed by atoms with van der Waals surface area (Å²) in [5, 5.41) is 0. The van der Waals surface area contributed by atoms with E-state index in [4.69, 9.17) is 18.9 Å². The summed E-state index contributed by atoms with van der Waals surface area (Å²) in [6.45, 7) is -1.14. The summed E-state index contributed by atoms with van der Waals surface area (Å²) in [5.74, 6) is 0.512. The van der Waals surface area contributed by atoms with Gasteiger partial charge in [0.2, 0.25) is 5.75 Å². The molecule has 0 aromatic heterocycles. The Labute approximate surface area is 137 Å². The Balaban J connectivity index is 2.06. The third kappa shape index (κ3) is 3.84. The van der Waals surface area contributed by atoms with Gasteiger partial charge in [0, 0.05) is 13.1 Å². The maximum Gasteiger partial charge on any atom is 0.411 e. The van der Waals surface area contributed by atoms with Gasteiger partial charge in [0.25, 0.3) is 5.91 Å². The Morgan fingerprint density at radius 1 is 1.12 bits per heavy atom. The number of ether oxygens (including phenoxy) is 4. The number of carbonyl (C=O) groups excluding carboxylic acids is 1. The highest BCUT2D eigenvalue weighted by Gasteiger charge is 2.37. The normalized spacial score (nSPS) is 15.0. The van der Waals surface area contributed by atoms with Crippen LogP contribution in [-0.2, 0) is 4.74 Å². The molecule has 1 heterocycles. The molecule has 1 fully saturated rings. The molecule has 6 nitrogen and oxygen atoms in total. The van der Waals surface area contributed by atoms with Crippen molar-refractivity contribution in [2.45, 2.75) is 12.3 Å². The molecule has 0 radical (unpaired) electrons. The predicted molar refractivity (Wildman–Crippen MR) is 77.8 cm³/mol. The van der Waals surface area contributed by atoms with Gasteiger partial charge in [0.05, 0.1) is 33.0 Å². The molecule has 0 spiro atoms. The van der Waals surface area contributed by atoms with Crippen LogP contribution in [0.25, 0.3) is 0 Å². The third-order valence-electron chi connectivity index (χ3n) is 3.55. The van der Waals surface area contributed by atoms with Gasteiger partial charge in [0.1, 0.15) is 6.61 Å². The van der Waals surface area contributed by atoms with E-state index in [1.807, 2.05) is 0 Å². The minimum atomic E-state index is -4.38. The number of methoxy groups -OCH3 is 3. The molecule has 0 saturated carbocycles. The fourth-order valence-corrected chi connectivity index (χ4v) is 2.36. The van der Waals surface area contributed by atoms with Crippen molar-refractivity contribution in [2.75, 3.05) is 41.0 Å². The highest BCUT2D eigenvalue weighted by Crippen LogP contribution is 2.40. The molecule has 0 aliphatic carbocycles. The van der Waals surface area contributed by atoms with Crippen molar-refractivity contribution in [3.05, 3.63) is 17.7 Å². The van der Waals surface area contributed by atoms with Gasteiger partial charge in [-0.3, -0.25) is 4.79 Å². The molecule has 1 aliphatic rings. The lowest BCUT2D eigenvalue weighted by Gasteiger charge is -2.39. The SMILES string of the molecule is COc1ccc(C(=O)N2CC(OCC(F)(F)F)C2)c(OC)c1OC. The molecule has 24 heavy (non-hydrogen) atoms. The maximum absolute atomic E-state index is 12.5. The summed E-state index contributed by atoms with van der Waals surface area (Å²) in [6.07, 6.45) is -5.00. The summed E-state index contributed by atoms with van der Waals surface area (Å²) < 4.78 is 56.6. The van der Waals surface area contributed by atoms with Gasteiger partial charge in [-0.25, -0.2) is 0 Å². The molecule has 0 N–H and O–H groups in total. The predicted octanol–water partition coefficient (Wildman–Crippen LogP) is 2.12. The second-order valence-electron chi connectivity index (χ2n) is 5.14. The number of rotatable bonds is 6. The first-order chi connectivity index (χ1) is 11.3. The first-order valence-corrected chi connectivity index (χ1v) is 7.07. The van der Waals surface area contributed by atoms with Crippen molar-refractivity contribution in [3.63, 3.8) is 0 Å². The first kappa shape index (κ1) is 18.2. The van der Waals surface area contributed by atoms with E-state index < -0.39 is 18.9 Å². The second-order valence-corrected chi connectivity index (χ2v) is 5.14. The summed E-state index contributed by atoms with van der Waals surface area (Å²) >= 11 is 0. The van der Waals surface area contributed by atoms with Crippen LogP contribution in [0.3, 0.4) is 0 Å². The molecule has 1 aliphatic heterocycles. The molecule has 0 unspecified atom stereocenters. The number of nitrogens with zero attached hydrogens (tertiary/aromatic N) is 1. The van der Waals surface area contributed by atoms with Crippen LogP contribution >= 0.6 is 0 Å². The van der Waals surface area contributed by atoms with E-state index in [0.29, 0.717) is 5.75 Å². The number of halogens is 3. The Morgan fingerprint density at radius 2 is 1.75 bits per heavy atom. The van der Waals surface area contributed by atoms with Crippen molar-refractivity contribution in [1.82, 2.24) is 4.90 Å². The molecule has 134 valence electrons. The van der Waals surface area contributed by atoms with E-state index >= 15 is 0 Å². The van der Waals surface area contributed by atoms with Crippen molar-refractivity contribution in [3.8, 4) is 17.2 Å². The van der Waals surface area contributed by atoms with Gasteiger partial charge >= 0.3 is 6.18 Å². The van der Waals surface area contributed by atoms with Gasteiger partial charge < -0.3 is 23.8 Å². The molecule has 2 rings (SSSR count). The third-order valence-corrected chi connectivity index (χ3v) is 3.55. The standard InChI is InChI=1S/C15H18F3NO5/c1-21-11-5-4-10(12(22-2)13(11)23-3)14(20)19-6-9(7-19)24-8-15(16,17)18/h4-5,9H,6-8H2,1-3H3. The zero-order chi connectivity index (χ0) is 17.9. The smallest absolute Gasteiger partial charge is 0.411 e. The quantitative estimate of drug-likeness (QED) is 0.787. The zero-order valence-electron chi connectivity index (χ0n) is 13.5. The monoisotopic (exact) mass is 349 g/mol. The lowest BCUT2D eigenvalue weighted by atomic mass is 10.1. The molecule has 1 saturated heterocycles. The Bertz CT molecular complexity index is 600. The number of hydrogen-bond acceptors (Lipinski definition) is 5. The van der Waals surface area contributed by atoms with Gasteiger partial charge in [0.15, 0.2) is 11.5 Å². The molecule has 0 atom stereocenters. The maximum atomic E-state index is 12.5. The van der Waals surface area contributed by atoms with Gasteiger partial charge in [-0.1, -0.05) is 0 Å². The van der Waals surface area contributed by atoms with E-state index in [-0.39, 0.29) is 36.1 Å². The number of carbonyl (C=O) groups is 1. The first-order valence-electron chi connectivity index (χ1n) is 7.07. The topological polar surface area (TPSA) is 57.2 Å². The molecular formula is C15H18F3NO5. The van der Waals surface area contributed by atoms with Crippen LogP contribution in [0.15, 0.2) is 12.1 Å². The summed E-state index contributed by atoms with van der Waals surface area (Å²) in [5.41, 5.74) is 0.240. The van der Waals surface area contributed by atoms with Crippen LogP contribution in [-0.4, -0.2) is 64.1 Å². The van der Waals surface area contributed by atoms with Crippen LogP contribution in [0, 0.1) is 0 Å². The van der Waals surface area contributed by atoms with Crippen LogP contribution in [0.2, 0.25) is 0 Å². The van der Waals surface area contributed by atoms with Crippen molar-refractivity contribution in [2.24, 2.45) is 0 Å². The van der Waals surface area contributed by atoms with E-state index in [1.54, 1.807) is 6.07 Å². The molecule has 1 amide bonds. The van der Waals surface area contributed by atoms with Gasteiger partial charge in [-0.15, -0.1) is 0 Å². The zero-order valence-corrected chi connectivity index (χ0v) is 13.5. The number of benzene rings is 1. The number of hydrogen-bond donors (Lipinski definition) is 0. The van der Waals surface area contributed by atoms with E-state index in [9.17, 15) is 18.0 Å². The number of alkyl halides is 3. The second kappa shape index (κ2) is 7.16. The fraction of sp³-hybridized carbons (Fsp3) is 0.533. The summed E-state index contributed by atoms with van der Waals surface area (Å²) in [7, 11) is 4.26. The molecular weight excluding hydrogens is 331 g/mol. The Kier molecular flexibility index (Phi) is 5.43. The largest absolute Gasteiger partial charge is 0.493 e. The van der Waals surface area contributed by atoms with E-state index in [1.165, 1.54) is 32.3 Å². The molecule has 9 heteroatoms. The number of amides is 1. The highest BCUT2D eigenvalue weighted by atomic mass is 19.4. The highest BCUT2D eigenvalue weighted by molar-refractivity contribution is 5.98. The van der Waals surface area contributed by atoms with E-state index in [2.05, 4.69) is 0 Å². The lowest BCUT2D eigenvalue weighted by molar-refractivity contribution is -0.196. The van der Waals surface area contributed by atoms with Crippen LogP contribution in [0.4, 0.5) is 13.2 Å². The summed E-state index contributed by atoms with van der Waals surface area (Å²) in [6, 6.07) is 3.08. The van der Waals surface area contributed by atoms with Gasteiger partial charge in [-0.2, -0.15) is 13.2 Å². The minimum absolute atomic E-state index is 0.0897. The van der Waals surface area contributed by atoms with Gasteiger partial charge in [-0.05, 0) is 12.1 Å². The van der Waals surface area contributed by atoms with Crippen LogP contribution in [0.1, 0.15) is 10.4 Å². The average Bonchev–Trinajstić information content (AvgIpc) is 2.50. The lowest BCUT2D eigenvalue weighted by Crippen LogP contribution is -2.55. The summed E-state index contributed by atoms with van der Waals surface area (Å²) in [4.78, 5) is 13.9.